The van der Waals surface area contributed by atoms with Gasteiger partial charge in [0.05, 0.1) is 18.2 Å². The molecule has 138 valence electrons. The van der Waals surface area contributed by atoms with Crippen LogP contribution in [0, 0.1) is 5.92 Å². The van der Waals surface area contributed by atoms with E-state index in [2.05, 4.69) is 28.1 Å². The van der Waals surface area contributed by atoms with Crippen LogP contribution in [-0.4, -0.2) is 35.9 Å². The molecule has 0 bridgehead atoms. The van der Waals surface area contributed by atoms with Gasteiger partial charge >= 0.3 is 0 Å². The summed E-state index contributed by atoms with van der Waals surface area (Å²) < 4.78 is 5.39. The van der Waals surface area contributed by atoms with E-state index in [9.17, 15) is 4.79 Å². The van der Waals surface area contributed by atoms with Crippen LogP contribution < -0.4 is 4.74 Å². The number of likely N-dealkylation sites (tertiary alicyclic amines) is 1. The van der Waals surface area contributed by atoms with Crippen molar-refractivity contribution in [3.63, 3.8) is 0 Å². The van der Waals surface area contributed by atoms with Gasteiger partial charge in [-0.25, -0.2) is 0 Å². The lowest BCUT2D eigenvalue weighted by Gasteiger charge is -2.32. The minimum atomic E-state index is 0.0168. The molecule has 0 amide bonds. The number of fused-ring (bicyclic) bond motifs is 1. The Kier molecular flexibility index (Phi) is 5.16. The largest absolute Gasteiger partial charge is 0.496 e. The zero-order valence-corrected chi connectivity index (χ0v) is 15.6. The van der Waals surface area contributed by atoms with Crippen molar-refractivity contribution in [2.45, 2.75) is 19.4 Å². The fourth-order valence-corrected chi connectivity index (χ4v) is 4.02. The van der Waals surface area contributed by atoms with Crippen LogP contribution in [0.15, 0.2) is 60.8 Å². The van der Waals surface area contributed by atoms with E-state index in [1.54, 1.807) is 7.11 Å². The Balaban J connectivity index is 1.52. The number of ether oxygens (including phenoxy) is 1. The van der Waals surface area contributed by atoms with Gasteiger partial charge in [0, 0.05) is 30.6 Å². The summed E-state index contributed by atoms with van der Waals surface area (Å²) >= 11 is 0. The topological polar surface area (TPSA) is 42.4 Å². The van der Waals surface area contributed by atoms with E-state index in [1.165, 1.54) is 10.9 Å². The summed E-state index contributed by atoms with van der Waals surface area (Å²) in [4.78, 5) is 19.9. The minimum Gasteiger partial charge on any atom is -0.496 e. The third kappa shape index (κ3) is 3.71. The molecule has 0 spiro atoms. The van der Waals surface area contributed by atoms with Gasteiger partial charge in [0.25, 0.3) is 0 Å². The molecule has 2 aromatic carbocycles. The van der Waals surface area contributed by atoms with Crippen LogP contribution in [0.3, 0.4) is 0 Å². The number of piperidine rings is 1. The fraction of sp³-hybridized carbons (Fsp3) is 0.304. The van der Waals surface area contributed by atoms with E-state index in [1.807, 2.05) is 42.6 Å². The molecule has 4 nitrogen and oxygen atoms in total. The van der Waals surface area contributed by atoms with E-state index in [4.69, 9.17) is 4.74 Å². The maximum absolute atomic E-state index is 13.1. The molecule has 0 radical (unpaired) electrons. The van der Waals surface area contributed by atoms with Gasteiger partial charge in [0.1, 0.15) is 5.75 Å². The third-order valence-electron chi connectivity index (χ3n) is 5.38. The van der Waals surface area contributed by atoms with Crippen LogP contribution in [-0.2, 0) is 6.54 Å². The molecule has 2 heterocycles. The first-order valence-electron chi connectivity index (χ1n) is 9.48. The van der Waals surface area contributed by atoms with Crippen LogP contribution in [0.2, 0.25) is 0 Å². The lowest BCUT2D eigenvalue weighted by molar-refractivity contribution is 0.0809. The molecule has 1 aromatic heterocycles. The molecule has 1 saturated heterocycles. The van der Waals surface area contributed by atoms with Crippen molar-refractivity contribution < 1.29 is 9.53 Å². The quantitative estimate of drug-likeness (QED) is 0.635. The van der Waals surface area contributed by atoms with E-state index in [0.717, 1.165) is 38.0 Å². The first-order valence-corrected chi connectivity index (χ1v) is 9.48. The Morgan fingerprint density at radius 3 is 2.85 bits per heavy atom. The number of ketones is 1. The summed E-state index contributed by atoms with van der Waals surface area (Å²) in [6, 6.07) is 17.9. The number of aromatic nitrogens is 1. The summed E-state index contributed by atoms with van der Waals surface area (Å²) in [5.74, 6) is 0.875. The number of carbonyl (C=O) groups is 1. The van der Waals surface area contributed by atoms with Crippen LogP contribution in [0.25, 0.3) is 10.9 Å². The predicted molar refractivity (Wildman–Crippen MR) is 107 cm³/mol. The van der Waals surface area contributed by atoms with Gasteiger partial charge in [-0.2, -0.15) is 0 Å². The Labute approximate surface area is 159 Å². The van der Waals surface area contributed by atoms with Crippen molar-refractivity contribution in [1.29, 1.82) is 0 Å². The van der Waals surface area contributed by atoms with Gasteiger partial charge in [-0.15, -0.1) is 0 Å². The molecular formula is C23H24N2O2. The fourth-order valence-electron chi connectivity index (χ4n) is 4.02. The average Bonchev–Trinajstić information content (AvgIpc) is 2.73. The van der Waals surface area contributed by atoms with Gasteiger partial charge < -0.3 is 4.74 Å². The van der Waals surface area contributed by atoms with E-state index in [0.29, 0.717) is 11.3 Å². The summed E-state index contributed by atoms with van der Waals surface area (Å²) in [7, 11) is 1.62. The highest BCUT2D eigenvalue weighted by atomic mass is 16.5. The molecule has 1 aliphatic rings. The number of rotatable bonds is 5. The highest BCUT2D eigenvalue weighted by Gasteiger charge is 2.28. The Bertz CT molecular complexity index is 949. The third-order valence-corrected chi connectivity index (χ3v) is 5.38. The lowest BCUT2D eigenvalue weighted by Crippen LogP contribution is -2.38. The molecule has 0 aliphatic carbocycles. The van der Waals surface area contributed by atoms with Crippen molar-refractivity contribution in [1.82, 2.24) is 9.88 Å². The number of carbonyl (C=O) groups excluding carboxylic acids is 1. The molecule has 4 rings (SSSR count). The molecule has 0 saturated carbocycles. The summed E-state index contributed by atoms with van der Waals surface area (Å²) in [5, 5.41) is 1.19. The van der Waals surface area contributed by atoms with E-state index >= 15 is 0 Å². The Morgan fingerprint density at radius 1 is 1.15 bits per heavy atom. The maximum Gasteiger partial charge on any atom is 0.170 e. The smallest absolute Gasteiger partial charge is 0.170 e. The molecular weight excluding hydrogens is 336 g/mol. The molecule has 3 aromatic rings. The SMILES string of the molecule is COc1ccccc1C(=O)C1CCCN(Cc2ccnc3ccccc23)C1. The van der Waals surface area contributed by atoms with Crippen LogP contribution >= 0.6 is 0 Å². The highest BCUT2D eigenvalue weighted by molar-refractivity contribution is 6.00. The van der Waals surface area contributed by atoms with Gasteiger partial charge in [0.2, 0.25) is 0 Å². The first kappa shape index (κ1) is 17.7. The van der Waals surface area contributed by atoms with Crippen LogP contribution in [0.5, 0.6) is 5.75 Å². The average molecular weight is 360 g/mol. The van der Waals surface area contributed by atoms with E-state index < -0.39 is 0 Å². The maximum atomic E-state index is 13.1. The normalized spacial score (nSPS) is 17.7. The van der Waals surface area contributed by atoms with Crippen molar-refractivity contribution in [2.75, 3.05) is 20.2 Å². The predicted octanol–water partition coefficient (Wildman–Crippen LogP) is 4.34. The second kappa shape index (κ2) is 7.89. The van der Waals surface area contributed by atoms with Crippen molar-refractivity contribution in [3.8, 4) is 5.75 Å². The molecule has 1 unspecified atom stereocenters. The lowest BCUT2D eigenvalue weighted by atomic mass is 9.89. The molecule has 1 fully saturated rings. The number of methoxy groups -OCH3 is 1. The van der Waals surface area contributed by atoms with E-state index in [-0.39, 0.29) is 11.7 Å². The van der Waals surface area contributed by atoms with Gasteiger partial charge in [0.15, 0.2) is 5.78 Å². The van der Waals surface area contributed by atoms with Crippen LogP contribution in [0.1, 0.15) is 28.8 Å². The number of hydrogen-bond donors (Lipinski definition) is 0. The zero-order valence-electron chi connectivity index (χ0n) is 15.6. The molecule has 1 atom stereocenters. The number of nitrogens with zero attached hydrogens (tertiary/aromatic N) is 2. The summed E-state index contributed by atoms with van der Waals surface area (Å²) in [6.45, 7) is 2.65. The summed E-state index contributed by atoms with van der Waals surface area (Å²) in [6.07, 6.45) is 3.85. The van der Waals surface area contributed by atoms with Crippen LogP contribution in [0.4, 0.5) is 0 Å². The number of pyridine rings is 1. The number of hydrogen-bond acceptors (Lipinski definition) is 4. The summed E-state index contributed by atoms with van der Waals surface area (Å²) in [5.41, 5.74) is 2.99. The number of benzene rings is 2. The van der Waals surface area contributed by atoms with Gasteiger partial charge in [-0.05, 0) is 49.2 Å². The Hall–Kier alpha value is -2.72. The highest BCUT2D eigenvalue weighted by Crippen LogP contribution is 2.27. The minimum absolute atomic E-state index is 0.0168. The first-order chi connectivity index (χ1) is 13.3. The second-order valence-corrected chi connectivity index (χ2v) is 7.13. The van der Waals surface area contributed by atoms with Crippen molar-refractivity contribution in [3.05, 3.63) is 71.9 Å². The molecule has 4 heteroatoms. The number of para-hydroxylation sites is 2. The zero-order chi connectivity index (χ0) is 18.6. The molecule has 0 N–H and O–H groups in total. The molecule has 1 aliphatic heterocycles. The van der Waals surface area contributed by atoms with Crippen molar-refractivity contribution >= 4 is 16.7 Å². The van der Waals surface area contributed by atoms with Gasteiger partial charge in [-0.3, -0.25) is 14.7 Å². The van der Waals surface area contributed by atoms with Gasteiger partial charge in [-0.1, -0.05) is 30.3 Å². The standard InChI is InChI=1S/C23H24N2O2/c1-27-22-11-5-3-9-20(22)23(26)18-7-6-14-25(16-18)15-17-12-13-24-21-10-4-2-8-19(17)21/h2-5,8-13,18H,6-7,14-16H2,1H3. The Morgan fingerprint density at radius 2 is 1.96 bits per heavy atom. The monoisotopic (exact) mass is 360 g/mol. The number of Topliss-reactive ketones (excluding diaryl/α,β-unsaturated/α-hetero) is 1. The molecule has 27 heavy (non-hydrogen) atoms. The van der Waals surface area contributed by atoms with Crippen molar-refractivity contribution in [2.24, 2.45) is 5.92 Å². The second-order valence-electron chi connectivity index (χ2n) is 7.13.